The highest BCUT2D eigenvalue weighted by Gasteiger charge is 2.41. The molecule has 0 saturated heterocycles. The average molecular weight is 280 g/mol. The van der Waals surface area contributed by atoms with E-state index in [0.29, 0.717) is 0 Å². The standard InChI is InChI=1S/C14H18BrN/c1-9-3-2-4-12(13(9)15)16-14(10-5-6-10)11-7-8-11/h2-4,10-11,14,16H,5-8H2,1H3. The molecule has 0 aliphatic heterocycles. The molecule has 2 aliphatic rings. The molecule has 86 valence electrons. The fourth-order valence-corrected chi connectivity index (χ4v) is 2.85. The lowest BCUT2D eigenvalue weighted by Gasteiger charge is -2.20. The lowest BCUT2D eigenvalue weighted by Crippen LogP contribution is -2.24. The molecule has 0 bridgehead atoms. The van der Waals surface area contributed by atoms with Gasteiger partial charge >= 0.3 is 0 Å². The van der Waals surface area contributed by atoms with Crippen molar-refractivity contribution in [1.82, 2.24) is 0 Å². The Bertz CT molecular complexity index is 382. The molecular formula is C14H18BrN. The molecule has 0 radical (unpaired) electrons. The van der Waals surface area contributed by atoms with E-state index in [-0.39, 0.29) is 0 Å². The molecule has 0 aromatic heterocycles. The maximum absolute atomic E-state index is 3.77. The number of aryl methyl sites for hydroxylation is 1. The van der Waals surface area contributed by atoms with Crippen LogP contribution in [0.5, 0.6) is 0 Å². The van der Waals surface area contributed by atoms with Gasteiger partial charge in [0.15, 0.2) is 0 Å². The molecule has 2 fully saturated rings. The first-order valence-corrected chi connectivity index (χ1v) is 7.06. The highest BCUT2D eigenvalue weighted by atomic mass is 79.9. The molecule has 16 heavy (non-hydrogen) atoms. The number of hydrogen-bond acceptors (Lipinski definition) is 1. The zero-order chi connectivity index (χ0) is 11.1. The Morgan fingerprint density at radius 1 is 1.19 bits per heavy atom. The summed E-state index contributed by atoms with van der Waals surface area (Å²) < 4.78 is 1.24. The summed E-state index contributed by atoms with van der Waals surface area (Å²) in [4.78, 5) is 0. The van der Waals surface area contributed by atoms with Crippen molar-refractivity contribution in [2.45, 2.75) is 38.6 Å². The van der Waals surface area contributed by atoms with E-state index in [9.17, 15) is 0 Å². The van der Waals surface area contributed by atoms with Crippen LogP contribution in [-0.2, 0) is 0 Å². The molecule has 0 atom stereocenters. The van der Waals surface area contributed by atoms with Crippen LogP contribution >= 0.6 is 15.9 Å². The summed E-state index contributed by atoms with van der Waals surface area (Å²) in [5.41, 5.74) is 2.60. The van der Waals surface area contributed by atoms with Gasteiger partial charge in [-0.1, -0.05) is 12.1 Å². The van der Waals surface area contributed by atoms with Crippen LogP contribution in [-0.4, -0.2) is 6.04 Å². The number of nitrogens with one attached hydrogen (secondary N) is 1. The first-order chi connectivity index (χ1) is 7.75. The molecule has 3 rings (SSSR count). The lowest BCUT2D eigenvalue weighted by molar-refractivity contribution is 0.567. The number of hydrogen-bond donors (Lipinski definition) is 1. The van der Waals surface area contributed by atoms with Crippen molar-refractivity contribution in [2.75, 3.05) is 5.32 Å². The highest BCUT2D eigenvalue weighted by Crippen LogP contribution is 2.46. The van der Waals surface area contributed by atoms with E-state index in [1.807, 2.05) is 0 Å². The van der Waals surface area contributed by atoms with Crippen molar-refractivity contribution in [3.8, 4) is 0 Å². The van der Waals surface area contributed by atoms with E-state index in [2.05, 4.69) is 46.4 Å². The van der Waals surface area contributed by atoms with Crippen LogP contribution in [0.3, 0.4) is 0 Å². The second-order valence-corrected chi connectivity index (χ2v) is 6.07. The van der Waals surface area contributed by atoms with Crippen molar-refractivity contribution >= 4 is 21.6 Å². The van der Waals surface area contributed by atoms with E-state index < -0.39 is 0 Å². The van der Waals surface area contributed by atoms with E-state index in [1.54, 1.807) is 0 Å². The van der Waals surface area contributed by atoms with Crippen LogP contribution in [0.15, 0.2) is 22.7 Å². The number of anilines is 1. The molecule has 1 aromatic carbocycles. The van der Waals surface area contributed by atoms with Gasteiger partial charge in [-0.05, 0) is 72.0 Å². The summed E-state index contributed by atoms with van der Waals surface area (Å²) in [6.07, 6.45) is 5.71. The molecule has 2 aliphatic carbocycles. The van der Waals surface area contributed by atoms with Gasteiger partial charge in [0.2, 0.25) is 0 Å². The minimum Gasteiger partial charge on any atom is -0.381 e. The minimum atomic E-state index is 0.734. The van der Waals surface area contributed by atoms with Gasteiger partial charge in [-0.2, -0.15) is 0 Å². The maximum atomic E-state index is 3.77. The summed E-state index contributed by atoms with van der Waals surface area (Å²) >= 11 is 3.69. The largest absolute Gasteiger partial charge is 0.381 e. The van der Waals surface area contributed by atoms with Gasteiger partial charge in [-0.3, -0.25) is 0 Å². The quantitative estimate of drug-likeness (QED) is 0.864. The smallest absolute Gasteiger partial charge is 0.0489 e. The van der Waals surface area contributed by atoms with Crippen LogP contribution < -0.4 is 5.32 Å². The van der Waals surface area contributed by atoms with Gasteiger partial charge in [-0.25, -0.2) is 0 Å². The predicted molar refractivity (Wildman–Crippen MR) is 71.7 cm³/mol. The maximum Gasteiger partial charge on any atom is 0.0489 e. The Morgan fingerprint density at radius 3 is 2.38 bits per heavy atom. The van der Waals surface area contributed by atoms with Crippen molar-refractivity contribution in [1.29, 1.82) is 0 Å². The van der Waals surface area contributed by atoms with Crippen LogP contribution in [0.4, 0.5) is 5.69 Å². The minimum absolute atomic E-state index is 0.734. The van der Waals surface area contributed by atoms with E-state index in [4.69, 9.17) is 0 Å². The number of benzene rings is 1. The zero-order valence-electron chi connectivity index (χ0n) is 9.67. The molecule has 2 heteroatoms. The molecule has 0 amide bonds. The third-order valence-corrected chi connectivity index (χ3v) is 4.83. The molecule has 0 heterocycles. The normalized spacial score (nSPS) is 20.2. The first-order valence-electron chi connectivity index (χ1n) is 6.27. The fraction of sp³-hybridized carbons (Fsp3) is 0.571. The summed E-state index contributed by atoms with van der Waals surface area (Å²) in [6, 6.07) is 7.21. The van der Waals surface area contributed by atoms with Crippen molar-refractivity contribution < 1.29 is 0 Å². The summed E-state index contributed by atoms with van der Waals surface area (Å²) in [6.45, 7) is 2.15. The summed E-state index contributed by atoms with van der Waals surface area (Å²) in [7, 11) is 0. The topological polar surface area (TPSA) is 12.0 Å². The third-order valence-electron chi connectivity index (χ3n) is 3.77. The number of rotatable bonds is 4. The van der Waals surface area contributed by atoms with Gasteiger partial charge in [0, 0.05) is 16.2 Å². The predicted octanol–water partition coefficient (Wildman–Crippen LogP) is 4.36. The Hall–Kier alpha value is -0.500. The van der Waals surface area contributed by atoms with Gasteiger partial charge in [0.1, 0.15) is 0 Å². The van der Waals surface area contributed by atoms with Crippen LogP contribution in [0.2, 0.25) is 0 Å². The third kappa shape index (κ3) is 2.13. The SMILES string of the molecule is Cc1cccc(NC(C2CC2)C2CC2)c1Br. The monoisotopic (exact) mass is 279 g/mol. The Balaban J connectivity index is 1.78. The van der Waals surface area contributed by atoms with Crippen molar-refractivity contribution in [2.24, 2.45) is 11.8 Å². The Labute approximate surface area is 106 Å². The molecule has 0 unspecified atom stereocenters. The van der Waals surface area contributed by atoms with E-state index in [1.165, 1.54) is 41.4 Å². The lowest BCUT2D eigenvalue weighted by atomic mass is 10.1. The Morgan fingerprint density at radius 2 is 1.81 bits per heavy atom. The molecule has 1 N–H and O–H groups in total. The first kappa shape index (κ1) is 10.6. The highest BCUT2D eigenvalue weighted by molar-refractivity contribution is 9.10. The van der Waals surface area contributed by atoms with Gasteiger partial charge in [-0.15, -0.1) is 0 Å². The molecular weight excluding hydrogens is 262 g/mol. The fourth-order valence-electron chi connectivity index (χ4n) is 2.47. The van der Waals surface area contributed by atoms with Crippen molar-refractivity contribution in [3.63, 3.8) is 0 Å². The van der Waals surface area contributed by atoms with E-state index >= 15 is 0 Å². The average Bonchev–Trinajstić information content (AvgIpc) is 3.15. The van der Waals surface area contributed by atoms with Gasteiger partial charge < -0.3 is 5.32 Å². The van der Waals surface area contributed by atoms with Crippen LogP contribution in [0.1, 0.15) is 31.2 Å². The molecule has 0 spiro atoms. The summed E-state index contributed by atoms with van der Waals surface area (Å²) in [5.74, 6) is 1.89. The number of halogens is 1. The van der Waals surface area contributed by atoms with Gasteiger partial charge in [0.05, 0.1) is 0 Å². The molecule has 1 nitrogen and oxygen atoms in total. The molecule has 2 saturated carbocycles. The second-order valence-electron chi connectivity index (χ2n) is 5.28. The van der Waals surface area contributed by atoms with E-state index in [0.717, 1.165) is 17.9 Å². The Kier molecular flexibility index (Phi) is 2.70. The van der Waals surface area contributed by atoms with Crippen molar-refractivity contribution in [3.05, 3.63) is 28.2 Å². The van der Waals surface area contributed by atoms with Crippen LogP contribution in [0.25, 0.3) is 0 Å². The summed E-state index contributed by atoms with van der Waals surface area (Å²) in [5, 5.41) is 3.77. The zero-order valence-corrected chi connectivity index (χ0v) is 11.3. The van der Waals surface area contributed by atoms with Gasteiger partial charge in [0.25, 0.3) is 0 Å². The molecule has 1 aromatic rings. The second kappa shape index (κ2) is 4.06. The van der Waals surface area contributed by atoms with Crippen LogP contribution in [0, 0.1) is 18.8 Å².